The van der Waals surface area contributed by atoms with E-state index in [0.717, 1.165) is 30.1 Å². The lowest BCUT2D eigenvalue weighted by Gasteiger charge is -2.21. The Balaban J connectivity index is 0.00000242. The van der Waals surface area contributed by atoms with Crippen LogP contribution < -0.4 is 16.0 Å². The second kappa shape index (κ2) is 9.02. The van der Waals surface area contributed by atoms with Crippen LogP contribution in [0.4, 0.5) is 5.69 Å². The Kier molecular flexibility index (Phi) is 7.72. The molecular weight excluding hydrogens is 322 g/mol. The third-order valence-electron chi connectivity index (χ3n) is 3.19. The average Bonchev–Trinajstić information content (AvgIpc) is 2.47. The number of hydrogen-bond donors (Lipinski definition) is 3. The fourth-order valence-electron chi connectivity index (χ4n) is 2.02. The fraction of sp³-hybridized carbons (Fsp3) is 0.467. The van der Waals surface area contributed by atoms with Crippen LogP contribution in [0.2, 0.25) is 0 Å². The van der Waals surface area contributed by atoms with Crippen LogP contribution in [0.5, 0.6) is 0 Å². The number of amides is 2. The molecule has 1 aliphatic rings. The van der Waals surface area contributed by atoms with Crippen molar-refractivity contribution in [2.24, 2.45) is 0 Å². The van der Waals surface area contributed by atoms with Crippen molar-refractivity contribution >= 4 is 41.7 Å². The van der Waals surface area contributed by atoms with Gasteiger partial charge in [0.2, 0.25) is 5.91 Å². The molecule has 1 aliphatic heterocycles. The van der Waals surface area contributed by atoms with Crippen molar-refractivity contribution in [1.82, 2.24) is 10.6 Å². The van der Waals surface area contributed by atoms with Crippen molar-refractivity contribution in [3.05, 3.63) is 23.8 Å². The number of rotatable bonds is 6. The molecule has 0 radical (unpaired) electrons. The minimum Gasteiger partial charge on any atom is -0.351 e. The van der Waals surface area contributed by atoms with E-state index in [1.807, 2.05) is 13.0 Å². The van der Waals surface area contributed by atoms with Crippen LogP contribution in [-0.4, -0.2) is 36.7 Å². The normalized spacial score (nSPS) is 16.3. The molecule has 1 heterocycles. The van der Waals surface area contributed by atoms with E-state index in [1.54, 1.807) is 12.1 Å². The van der Waals surface area contributed by atoms with Crippen molar-refractivity contribution < 1.29 is 9.59 Å². The summed E-state index contributed by atoms with van der Waals surface area (Å²) in [7, 11) is 0. The predicted molar refractivity (Wildman–Crippen MR) is 93.1 cm³/mol. The van der Waals surface area contributed by atoms with Gasteiger partial charge in [0, 0.05) is 23.5 Å². The molecule has 3 N–H and O–H groups in total. The van der Waals surface area contributed by atoms with Gasteiger partial charge in [0.25, 0.3) is 5.91 Å². The fourth-order valence-corrected chi connectivity index (χ4v) is 2.95. The van der Waals surface area contributed by atoms with Gasteiger partial charge in [0.1, 0.15) is 0 Å². The van der Waals surface area contributed by atoms with E-state index in [2.05, 4.69) is 22.9 Å². The minimum atomic E-state index is -0.117. The summed E-state index contributed by atoms with van der Waals surface area (Å²) in [4.78, 5) is 24.7. The molecule has 5 nitrogen and oxygen atoms in total. The number of benzene rings is 1. The van der Waals surface area contributed by atoms with Gasteiger partial charge in [-0.3, -0.25) is 9.59 Å². The van der Waals surface area contributed by atoms with E-state index in [4.69, 9.17) is 0 Å². The summed E-state index contributed by atoms with van der Waals surface area (Å²) in [6, 6.07) is 5.42. The maximum absolute atomic E-state index is 12.1. The quantitative estimate of drug-likeness (QED) is 0.693. The number of fused-ring (bicyclic) bond motifs is 1. The van der Waals surface area contributed by atoms with Crippen molar-refractivity contribution in [1.29, 1.82) is 0 Å². The Morgan fingerprint density at radius 2 is 2.09 bits per heavy atom. The zero-order chi connectivity index (χ0) is 15.2. The molecule has 0 bridgehead atoms. The molecule has 0 aromatic heterocycles. The number of hydrogen-bond acceptors (Lipinski definition) is 4. The van der Waals surface area contributed by atoms with E-state index in [-0.39, 0.29) is 29.5 Å². The van der Waals surface area contributed by atoms with Gasteiger partial charge in [-0.2, -0.15) is 0 Å². The lowest BCUT2D eigenvalue weighted by molar-refractivity contribution is -0.115. The maximum atomic E-state index is 12.1. The topological polar surface area (TPSA) is 70.2 Å². The zero-order valence-electron chi connectivity index (χ0n) is 12.8. The van der Waals surface area contributed by atoms with E-state index in [1.165, 1.54) is 11.8 Å². The summed E-state index contributed by atoms with van der Waals surface area (Å²) >= 11 is 1.51. The van der Waals surface area contributed by atoms with Gasteiger partial charge in [-0.15, -0.1) is 24.2 Å². The second-order valence-corrected chi connectivity index (χ2v) is 6.35. The van der Waals surface area contributed by atoms with Crippen molar-refractivity contribution in [2.75, 3.05) is 25.0 Å². The number of thioether (sulfide) groups is 1. The Hall–Kier alpha value is -1.24. The van der Waals surface area contributed by atoms with E-state index < -0.39 is 0 Å². The van der Waals surface area contributed by atoms with Gasteiger partial charge < -0.3 is 16.0 Å². The van der Waals surface area contributed by atoms with Crippen LogP contribution in [0, 0.1) is 0 Å². The Morgan fingerprint density at radius 1 is 1.32 bits per heavy atom. The summed E-state index contributed by atoms with van der Waals surface area (Å²) in [5, 5.41) is 8.83. The molecule has 0 aliphatic carbocycles. The summed E-state index contributed by atoms with van der Waals surface area (Å²) in [5.41, 5.74) is 1.29. The van der Waals surface area contributed by atoms with Gasteiger partial charge in [0.05, 0.1) is 10.9 Å². The molecule has 0 saturated carbocycles. The SMILES string of the molecule is CCCNCCNC(=O)c1ccc2c(c1)NC(=O)C(C)S2.Cl. The highest BCUT2D eigenvalue weighted by Crippen LogP contribution is 2.35. The summed E-state index contributed by atoms with van der Waals surface area (Å²) in [5.74, 6) is -0.136. The van der Waals surface area contributed by atoms with Gasteiger partial charge in [-0.05, 0) is 38.1 Å². The Labute approximate surface area is 141 Å². The van der Waals surface area contributed by atoms with Crippen LogP contribution in [0.3, 0.4) is 0 Å². The van der Waals surface area contributed by atoms with Gasteiger partial charge >= 0.3 is 0 Å². The number of nitrogens with one attached hydrogen (secondary N) is 3. The highest BCUT2D eigenvalue weighted by Gasteiger charge is 2.23. The highest BCUT2D eigenvalue weighted by atomic mass is 35.5. The third kappa shape index (κ3) is 4.90. The first-order valence-electron chi connectivity index (χ1n) is 7.22. The summed E-state index contributed by atoms with van der Waals surface area (Å²) < 4.78 is 0. The molecule has 1 aromatic rings. The van der Waals surface area contributed by atoms with Crippen molar-refractivity contribution in [3.63, 3.8) is 0 Å². The first-order valence-corrected chi connectivity index (χ1v) is 8.10. The van der Waals surface area contributed by atoms with Crippen LogP contribution in [0.15, 0.2) is 23.1 Å². The van der Waals surface area contributed by atoms with Crippen LogP contribution in [0.1, 0.15) is 30.6 Å². The molecule has 1 atom stereocenters. The lowest BCUT2D eigenvalue weighted by atomic mass is 10.1. The zero-order valence-corrected chi connectivity index (χ0v) is 14.4. The standard InChI is InChI=1S/C15H21N3O2S.ClH/c1-3-6-16-7-8-17-15(20)11-4-5-13-12(9-11)18-14(19)10(2)21-13;/h4-5,9-10,16H,3,6-8H2,1-2H3,(H,17,20)(H,18,19);1H. The van der Waals surface area contributed by atoms with E-state index in [9.17, 15) is 9.59 Å². The molecule has 0 spiro atoms. The van der Waals surface area contributed by atoms with Gasteiger partial charge in [-0.25, -0.2) is 0 Å². The number of carbonyl (C=O) groups excluding carboxylic acids is 2. The maximum Gasteiger partial charge on any atom is 0.251 e. The van der Waals surface area contributed by atoms with E-state index >= 15 is 0 Å². The second-order valence-electron chi connectivity index (χ2n) is 4.97. The van der Waals surface area contributed by atoms with Crippen molar-refractivity contribution in [2.45, 2.75) is 30.4 Å². The lowest BCUT2D eigenvalue weighted by Crippen LogP contribution is -2.32. The van der Waals surface area contributed by atoms with E-state index in [0.29, 0.717) is 12.1 Å². The van der Waals surface area contributed by atoms with Crippen molar-refractivity contribution in [3.8, 4) is 0 Å². The molecule has 2 rings (SSSR count). The molecule has 122 valence electrons. The summed E-state index contributed by atoms with van der Waals surface area (Å²) in [6.07, 6.45) is 1.08. The highest BCUT2D eigenvalue weighted by molar-refractivity contribution is 8.00. The Bertz CT molecular complexity index is 540. The monoisotopic (exact) mass is 343 g/mol. The largest absolute Gasteiger partial charge is 0.351 e. The molecule has 0 fully saturated rings. The first-order chi connectivity index (χ1) is 10.1. The molecule has 7 heteroatoms. The molecule has 22 heavy (non-hydrogen) atoms. The van der Waals surface area contributed by atoms with Crippen LogP contribution >= 0.6 is 24.2 Å². The van der Waals surface area contributed by atoms with Crippen LogP contribution in [-0.2, 0) is 4.79 Å². The number of carbonyl (C=O) groups is 2. The third-order valence-corrected chi connectivity index (χ3v) is 4.36. The smallest absolute Gasteiger partial charge is 0.251 e. The molecular formula is C15H22ClN3O2S. The van der Waals surface area contributed by atoms with Crippen LogP contribution in [0.25, 0.3) is 0 Å². The number of halogens is 1. The molecule has 0 saturated heterocycles. The molecule has 2 amide bonds. The minimum absolute atomic E-state index is 0. The first kappa shape index (κ1) is 18.8. The van der Waals surface area contributed by atoms with Gasteiger partial charge in [-0.1, -0.05) is 6.92 Å². The molecule has 1 unspecified atom stereocenters. The molecule has 1 aromatic carbocycles. The Morgan fingerprint density at radius 3 is 2.82 bits per heavy atom. The summed E-state index contributed by atoms with van der Waals surface area (Å²) in [6.45, 7) is 6.28. The number of anilines is 1. The van der Waals surface area contributed by atoms with Gasteiger partial charge in [0.15, 0.2) is 0 Å². The average molecular weight is 344 g/mol. The predicted octanol–water partition coefficient (Wildman–Crippen LogP) is 2.27.